The number of amides is 1. The second-order valence-electron chi connectivity index (χ2n) is 7.80. The van der Waals surface area contributed by atoms with Crippen molar-refractivity contribution in [2.45, 2.75) is 39.2 Å². The Kier molecular flexibility index (Phi) is 5.32. The molecule has 0 spiro atoms. The van der Waals surface area contributed by atoms with Crippen molar-refractivity contribution in [1.82, 2.24) is 9.88 Å². The Morgan fingerprint density at radius 1 is 1.27 bits per heavy atom. The number of hydrogen-bond donors (Lipinski definition) is 1. The number of benzene rings is 1. The SMILES string of the molecule is C[C@H]1CN(Cc2csc(NC(=O)c3cc4c(s3)-c3ccccc3OC4)n2)C[C@H](C)O1. The van der Waals surface area contributed by atoms with Crippen LogP contribution >= 0.6 is 22.7 Å². The van der Waals surface area contributed by atoms with Gasteiger partial charge in [-0.1, -0.05) is 12.1 Å². The van der Waals surface area contributed by atoms with Crippen LogP contribution in [-0.4, -0.2) is 41.1 Å². The molecule has 6 nitrogen and oxygen atoms in total. The Morgan fingerprint density at radius 2 is 2.07 bits per heavy atom. The van der Waals surface area contributed by atoms with Crippen molar-refractivity contribution in [1.29, 1.82) is 0 Å². The number of ether oxygens (including phenoxy) is 2. The molecule has 0 saturated carbocycles. The molecular formula is C22H23N3O3S2. The second-order valence-corrected chi connectivity index (χ2v) is 9.71. The molecule has 1 amide bonds. The number of fused-ring (bicyclic) bond motifs is 3. The molecule has 0 bridgehead atoms. The summed E-state index contributed by atoms with van der Waals surface area (Å²) in [7, 11) is 0. The fourth-order valence-corrected chi connectivity index (χ4v) is 5.84. The number of anilines is 1. The lowest BCUT2D eigenvalue weighted by atomic mass is 10.1. The summed E-state index contributed by atoms with van der Waals surface area (Å²) in [5.41, 5.74) is 3.08. The first-order valence-electron chi connectivity index (χ1n) is 10.0. The smallest absolute Gasteiger partial charge is 0.267 e. The van der Waals surface area contributed by atoms with Gasteiger partial charge < -0.3 is 9.47 Å². The minimum absolute atomic E-state index is 0.124. The van der Waals surface area contributed by atoms with Gasteiger partial charge in [0.1, 0.15) is 12.4 Å². The zero-order chi connectivity index (χ0) is 20.7. The van der Waals surface area contributed by atoms with Crippen molar-refractivity contribution in [3.8, 4) is 16.2 Å². The third-order valence-corrected chi connectivity index (χ3v) is 7.22. The number of nitrogens with zero attached hydrogens (tertiary/aromatic N) is 2. The van der Waals surface area contributed by atoms with E-state index in [0.717, 1.165) is 47.1 Å². The maximum atomic E-state index is 12.8. The van der Waals surface area contributed by atoms with Gasteiger partial charge in [0.2, 0.25) is 0 Å². The molecule has 1 saturated heterocycles. The van der Waals surface area contributed by atoms with Crippen LogP contribution in [0.2, 0.25) is 0 Å². The first-order valence-corrected chi connectivity index (χ1v) is 11.7. The van der Waals surface area contributed by atoms with Crippen molar-refractivity contribution in [3.05, 3.63) is 51.8 Å². The van der Waals surface area contributed by atoms with Crippen LogP contribution in [0.1, 0.15) is 34.8 Å². The molecule has 0 unspecified atom stereocenters. The molecule has 2 aliphatic heterocycles. The second kappa shape index (κ2) is 8.11. The molecule has 1 fully saturated rings. The lowest BCUT2D eigenvalue weighted by Crippen LogP contribution is -2.44. The average Bonchev–Trinajstić information content (AvgIpc) is 3.34. The van der Waals surface area contributed by atoms with Crippen LogP contribution in [0.4, 0.5) is 5.13 Å². The summed E-state index contributed by atoms with van der Waals surface area (Å²) in [4.78, 5) is 21.6. The van der Waals surface area contributed by atoms with E-state index in [1.54, 1.807) is 0 Å². The summed E-state index contributed by atoms with van der Waals surface area (Å²) in [6.45, 7) is 7.25. The van der Waals surface area contributed by atoms with Gasteiger partial charge in [0.15, 0.2) is 5.13 Å². The van der Waals surface area contributed by atoms with Gasteiger partial charge in [0.05, 0.1) is 22.8 Å². The van der Waals surface area contributed by atoms with E-state index in [4.69, 9.17) is 9.47 Å². The minimum Gasteiger partial charge on any atom is -0.488 e. The number of carbonyl (C=O) groups excluding carboxylic acids is 1. The van der Waals surface area contributed by atoms with Gasteiger partial charge in [-0.25, -0.2) is 4.98 Å². The largest absolute Gasteiger partial charge is 0.488 e. The molecule has 8 heteroatoms. The van der Waals surface area contributed by atoms with Crippen LogP contribution in [0.5, 0.6) is 5.75 Å². The number of para-hydroxylation sites is 1. The fourth-order valence-electron chi connectivity index (χ4n) is 4.05. The van der Waals surface area contributed by atoms with Crippen molar-refractivity contribution in [2.75, 3.05) is 18.4 Å². The van der Waals surface area contributed by atoms with E-state index in [1.165, 1.54) is 22.7 Å². The predicted octanol–water partition coefficient (Wildman–Crippen LogP) is 4.63. The summed E-state index contributed by atoms with van der Waals surface area (Å²) in [6.07, 6.45) is 0.455. The molecular weight excluding hydrogens is 418 g/mol. The quantitative estimate of drug-likeness (QED) is 0.640. The molecule has 156 valence electrons. The van der Waals surface area contributed by atoms with E-state index < -0.39 is 0 Å². The van der Waals surface area contributed by atoms with Crippen LogP contribution < -0.4 is 10.1 Å². The van der Waals surface area contributed by atoms with Crippen molar-refractivity contribution in [2.24, 2.45) is 0 Å². The number of hydrogen-bond acceptors (Lipinski definition) is 7. The Hall–Kier alpha value is -2.26. The maximum Gasteiger partial charge on any atom is 0.267 e. The van der Waals surface area contributed by atoms with Gasteiger partial charge in [-0.15, -0.1) is 22.7 Å². The van der Waals surface area contributed by atoms with Crippen LogP contribution in [0, 0.1) is 0 Å². The van der Waals surface area contributed by atoms with Gasteiger partial charge >= 0.3 is 0 Å². The maximum absolute atomic E-state index is 12.8. The molecule has 2 atom stereocenters. The number of carbonyl (C=O) groups is 1. The minimum atomic E-state index is -0.124. The van der Waals surface area contributed by atoms with Gasteiger partial charge in [-0.3, -0.25) is 15.0 Å². The zero-order valence-corrected chi connectivity index (χ0v) is 18.5. The Balaban J connectivity index is 1.27. The van der Waals surface area contributed by atoms with Gasteiger partial charge in [0, 0.05) is 41.0 Å². The topological polar surface area (TPSA) is 63.7 Å². The summed E-state index contributed by atoms with van der Waals surface area (Å²) < 4.78 is 11.6. The highest BCUT2D eigenvalue weighted by molar-refractivity contribution is 7.18. The van der Waals surface area contributed by atoms with Crippen molar-refractivity contribution in [3.63, 3.8) is 0 Å². The zero-order valence-electron chi connectivity index (χ0n) is 16.9. The summed E-state index contributed by atoms with van der Waals surface area (Å²) in [6, 6.07) is 9.88. The Labute approximate surface area is 183 Å². The normalized spacial score (nSPS) is 20.9. The van der Waals surface area contributed by atoms with Crippen molar-refractivity contribution >= 4 is 33.7 Å². The molecule has 4 heterocycles. The number of thiophene rings is 1. The highest BCUT2D eigenvalue weighted by atomic mass is 32.1. The van der Waals surface area contributed by atoms with E-state index in [1.807, 2.05) is 35.7 Å². The van der Waals surface area contributed by atoms with E-state index in [-0.39, 0.29) is 18.1 Å². The predicted molar refractivity (Wildman–Crippen MR) is 119 cm³/mol. The van der Waals surface area contributed by atoms with Gasteiger partial charge in [-0.2, -0.15) is 0 Å². The molecule has 2 aromatic heterocycles. The molecule has 0 radical (unpaired) electrons. The first kappa shape index (κ1) is 19.7. The molecule has 0 aliphatic carbocycles. The van der Waals surface area contributed by atoms with Crippen LogP contribution in [0.25, 0.3) is 10.4 Å². The number of thiazole rings is 1. The summed E-state index contributed by atoms with van der Waals surface area (Å²) in [5, 5.41) is 5.61. The van der Waals surface area contributed by atoms with Crippen LogP contribution in [-0.2, 0) is 17.9 Å². The Morgan fingerprint density at radius 3 is 2.90 bits per heavy atom. The van der Waals surface area contributed by atoms with Gasteiger partial charge in [-0.05, 0) is 32.0 Å². The van der Waals surface area contributed by atoms with Crippen molar-refractivity contribution < 1.29 is 14.3 Å². The third-order valence-electron chi connectivity index (χ3n) is 5.20. The summed E-state index contributed by atoms with van der Waals surface area (Å²) >= 11 is 2.97. The van der Waals surface area contributed by atoms with E-state index in [2.05, 4.69) is 29.0 Å². The highest BCUT2D eigenvalue weighted by Crippen LogP contribution is 2.42. The monoisotopic (exact) mass is 441 g/mol. The molecule has 3 aromatic rings. The van der Waals surface area contributed by atoms with Gasteiger partial charge in [0.25, 0.3) is 5.91 Å². The fraction of sp³-hybridized carbons (Fsp3) is 0.364. The molecule has 2 aliphatic rings. The number of nitrogens with one attached hydrogen (secondary N) is 1. The molecule has 30 heavy (non-hydrogen) atoms. The first-order chi connectivity index (χ1) is 14.5. The number of rotatable bonds is 4. The van der Waals surface area contributed by atoms with Crippen LogP contribution in [0.15, 0.2) is 35.7 Å². The lowest BCUT2D eigenvalue weighted by molar-refractivity contribution is -0.0707. The van der Waals surface area contributed by atoms with E-state index in [9.17, 15) is 4.79 Å². The number of morpholine rings is 1. The molecule has 5 rings (SSSR count). The standard InChI is InChI=1S/C22H23N3O3S2/c1-13-8-25(9-14(2)28-13)10-16-12-29-22(23-16)24-21(26)19-7-15-11-27-18-6-4-3-5-17(18)20(15)30-19/h3-7,12-14H,8-11H2,1-2H3,(H,23,24,26)/t13-,14-/m0/s1. The van der Waals surface area contributed by atoms with Crippen LogP contribution in [0.3, 0.4) is 0 Å². The third kappa shape index (κ3) is 4.00. The van der Waals surface area contributed by atoms with E-state index in [0.29, 0.717) is 16.6 Å². The average molecular weight is 442 g/mol. The van der Waals surface area contributed by atoms with E-state index >= 15 is 0 Å². The summed E-state index contributed by atoms with van der Waals surface area (Å²) in [5.74, 6) is 0.747. The highest BCUT2D eigenvalue weighted by Gasteiger charge is 2.24. The Bertz CT molecular complexity index is 1070. The number of aromatic nitrogens is 1. The lowest BCUT2D eigenvalue weighted by Gasteiger charge is -2.34. The molecule has 1 N–H and O–H groups in total. The molecule has 1 aromatic carbocycles.